The molecule has 3 nitrogen and oxygen atoms in total. The van der Waals surface area contributed by atoms with Gasteiger partial charge in [-0.05, 0) is 39.4 Å². The van der Waals surface area contributed by atoms with Gasteiger partial charge in [-0.15, -0.1) is 0 Å². The predicted molar refractivity (Wildman–Crippen MR) is 88.0 cm³/mol. The second kappa shape index (κ2) is 5.63. The molecule has 1 aliphatic carbocycles. The van der Waals surface area contributed by atoms with Crippen LogP contribution in [0.2, 0.25) is 0 Å². The molecule has 2 aliphatic rings. The monoisotopic (exact) mass is 361 g/mol. The number of hydrogen-bond acceptors (Lipinski definition) is 3. The molecule has 1 aromatic heterocycles. The second-order valence-corrected chi connectivity index (χ2v) is 7.08. The zero-order chi connectivity index (χ0) is 15.1. The maximum absolute atomic E-state index is 13.8. The third kappa shape index (κ3) is 2.75. The van der Waals surface area contributed by atoms with Crippen LogP contribution < -0.4 is 5.32 Å². The summed E-state index contributed by atoms with van der Waals surface area (Å²) < 4.78 is 14.5. The Bertz CT molecular complexity index is 667. The number of likely N-dealkylation sites (tertiary alicyclic amines) is 1. The third-order valence-corrected chi connectivity index (χ3v) is 5.06. The molecule has 4 rings (SSSR count). The van der Waals surface area contributed by atoms with Gasteiger partial charge in [-0.3, -0.25) is 4.90 Å². The predicted octanol–water partition coefficient (Wildman–Crippen LogP) is 3.53. The molecule has 1 N–H and O–H groups in total. The highest BCUT2D eigenvalue weighted by molar-refractivity contribution is 9.10. The Balaban J connectivity index is 1.33. The number of aromatic nitrogens is 1. The lowest BCUT2D eigenvalue weighted by Gasteiger charge is -2.20. The zero-order valence-corrected chi connectivity index (χ0v) is 13.6. The molecule has 0 radical (unpaired) electrons. The third-order valence-electron chi connectivity index (χ3n) is 4.63. The number of pyridine rings is 1. The van der Waals surface area contributed by atoms with Crippen molar-refractivity contribution in [1.29, 1.82) is 0 Å². The van der Waals surface area contributed by atoms with E-state index >= 15 is 0 Å². The van der Waals surface area contributed by atoms with E-state index in [2.05, 4.69) is 55.4 Å². The van der Waals surface area contributed by atoms with Gasteiger partial charge in [-0.1, -0.05) is 30.3 Å². The minimum Gasteiger partial charge on any atom is -0.364 e. The molecular formula is C17H17BrFN3. The van der Waals surface area contributed by atoms with Crippen LogP contribution in [0.3, 0.4) is 0 Å². The Morgan fingerprint density at radius 3 is 2.64 bits per heavy atom. The Hall–Kier alpha value is -1.46. The summed E-state index contributed by atoms with van der Waals surface area (Å²) in [6.45, 7) is 3.16. The molecule has 1 saturated carbocycles. The van der Waals surface area contributed by atoms with Gasteiger partial charge in [0.2, 0.25) is 0 Å². The molecule has 2 heterocycles. The number of benzene rings is 1. The van der Waals surface area contributed by atoms with Crippen LogP contribution in [0.5, 0.6) is 0 Å². The van der Waals surface area contributed by atoms with Gasteiger partial charge in [0.05, 0.1) is 0 Å². The van der Waals surface area contributed by atoms with Crippen LogP contribution in [0.25, 0.3) is 0 Å². The largest absolute Gasteiger partial charge is 0.364 e. The zero-order valence-electron chi connectivity index (χ0n) is 12.0. The van der Waals surface area contributed by atoms with Crippen molar-refractivity contribution in [1.82, 2.24) is 9.88 Å². The van der Waals surface area contributed by atoms with Gasteiger partial charge in [0, 0.05) is 36.3 Å². The van der Waals surface area contributed by atoms with Gasteiger partial charge in [0.1, 0.15) is 0 Å². The normalized spacial score (nSPS) is 26.7. The van der Waals surface area contributed by atoms with Crippen molar-refractivity contribution in [2.75, 3.05) is 18.4 Å². The number of nitrogens with zero attached hydrogens (tertiary/aromatic N) is 2. The summed E-state index contributed by atoms with van der Waals surface area (Å²) in [5.41, 5.74) is 1.36. The van der Waals surface area contributed by atoms with Crippen molar-refractivity contribution < 1.29 is 4.39 Å². The summed E-state index contributed by atoms with van der Waals surface area (Å²) in [7, 11) is 0. The fourth-order valence-corrected chi connectivity index (χ4v) is 3.78. The SMILES string of the molecule is Fc1cc(Br)cnc1NC1C2CN(Cc3ccccc3)CC21. The summed E-state index contributed by atoms with van der Waals surface area (Å²) in [5, 5.41) is 3.26. The number of rotatable bonds is 4. The van der Waals surface area contributed by atoms with Gasteiger partial charge in [-0.2, -0.15) is 0 Å². The topological polar surface area (TPSA) is 28.2 Å². The molecule has 22 heavy (non-hydrogen) atoms. The lowest BCUT2D eigenvalue weighted by molar-refractivity contribution is 0.292. The van der Waals surface area contributed by atoms with Crippen molar-refractivity contribution in [3.8, 4) is 0 Å². The van der Waals surface area contributed by atoms with Gasteiger partial charge >= 0.3 is 0 Å². The van der Waals surface area contributed by atoms with Crippen LogP contribution >= 0.6 is 15.9 Å². The number of halogens is 2. The summed E-state index contributed by atoms with van der Waals surface area (Å²) in [6, 6.07) is 12.4. The van der Waals surface area contributed by atoms with E-state index in [-0.39, 0.29) is 5.82 Å². The second-order valence-electron chi connectivity index (χ2n) is 6.16. The molecule has 1 aromatic carbocycles. The standard InChI is InChI=1S/C17H17BrFN3/c18-12-6-15(19)17(20-7-12)21-16-13-9-22(10-14(13)16)8-11-4-2-1-3-5-11/h1-7,13-14,16H,8-10H2,(H,20,21). The Morgan fingerprint density at radius 1 is 1.23 bits per heavy atom. The van der Waals surface area contributed by atoms with Gasteiger partial charge in [0.15, 0.2) is 11.6 Å². The van der Waals surface area contributed by atoms with E-state index in [1.807, 2.05) is 6.07 Å². The van der Waals surface area contributed by atoms with Crippen LogP contribution in [0.15, 0.2) is 47.1 Å². The Morgan fingerprint density at radius 2 is 1.95 bits per heavy atom. The maximum Gasteiger partial charge on any atom is 0.166 e. The van der Waals surface area contributed by atoms with Crippen molar-refractivity contribution in [2.24, 2.45) is 11.8 Å². The summed E-state index contributed by atoms with van der Waals surface area (Å²) in [6.07, 6.45) is 1.63. The van der Waals surface area contributed by atoms with Crippen LogP contribution in [-0.2, 0) is 6.54 Å². The molecule has 2 atom stereocenters. The van der Waals surface area contributed by atoms with E-state index in [0.29, 0.717) is 28.2 Å². The summed E-state index contributed by atoms with van der Waals surface area (Å²) >= 11 is 3.23. The van der Waals surface area contributed by atoms with E-state index < -0.39 is 0 Å². The molecule has 1 saturated heterocycles. The molecular weight excluding hydrogens is 345 g/mol. The van der Waals surface area contributed by atoms with Crippen LogP contribution in [0.1, 0.15) is 5.56 Å². The fourth-order valence-electron chi connectivity index (χ4n) is 3.48. The highest BCUT2D eigenvalue weighted by Gasteiger charge is 2.55. The molecule has 0 amide bonds. The van der Waals surface area contributed by atoms with Crippen molar-refractivity contribution >= 4 is 21.7 Å². The Kier molecular flexibility index (Phi) is 3.62. The van der Waals surface area contributed by atoms with Crippen LogP contribution in [-0.4, -0.2) is 29.0 Å². The molecule has 114 valence electrons. The first-order valence-corrected chi connectivity index (χ1v) is 8.34. The van der Waals surface area contributed by atoms with E-state index in [4.69, 9.17) is 0 Å². The molecule has 0 bridgehead atoms. The van der Waals surface area contributed by atoms with E-state index in [0.717, 1.165) is 19.6 Å². The van der Waals surface area contributed by atoms with Crippen LogP contribution in [0, 0.1) is 17.7 Å². The molecule has 5 heteroatoms. The first kappa shape index (κ1) is 14.2. The molecule has 2 fully saturated rings. The van der Waals surface area contributed by atoms with Gasteiger partial charge in [0.25, 0.3) is 0 Å². The van der Waals surface area contributed by atoms with Crippen molar-refractivity contribution in [3.05, 3.63) is 58.4 Å². The van der Waals surface area contributed by atoms with Crippen LogP contribution in [0.4, 0.5) is 10.2 Å². The molecule has 2 unspecified atom stereocenters. The quantitative estimate of drug-likeness (QED) is 0.902. The average Bonchev–Trinajstić information content (AvgIpc) is 2.95. The highest BCUT2D eigenvalue weighted by Crippen LogP contribution is 2.47. The molecule has 2 aromatic rings. The van der Waals surface area contributed by atoms with E-state index in [1.165, 1.54) is 11.6 Å². The first-order chi connectivity index (χ1) is 10.7. The first-order valence-electron chi connectivity index (χ1n) is 7.54. The van der Waals surface area contributed by atoms with Crippen molar-refractivity contribution in [3.63, 3.8) is 0 Å². The molecule has 1 aliphatic heterocycles. The average molecular weight is 362 g/mol. The van der Waals surface area contributed by atoms with Crippen molar-refractivity contribution in [2.45, 2.75) is 12.6 Å². The smallest absolute Gasteiger partial charge is 0.166 e. The lowest BCUT2D eigenvalue weighted by atomic mass is 10.2. The number of fused-ring (bicyclic) bond motifs is 1. The number of anilines is 1. The fraction of sp³-hybridized carbons (Fsp3) is 0.353. The minimum absolute atomic E-state index is 0.291. The van der Waals surface area contributed by atoms with Gasteiger partial charge < -0.3 is 5.32 Å². The summed E-state index contributed by atoms with van der Waals surface area (Å²) in [4.78, 5) is 6.61. The Labute approximate surface area is 137 Å². The minimum atomic E-state index is -0.291. The van der Waals surface area contributed by atoms with E-state index in [9.17, 15) is 4.39 Å². The molecule has 0 spiro atoms. The summed E-state index contributed by atoms with van der Waals surface area (Å²) in [5.74, 6) is 1.32. The highest BCUT2D eigenvalue weighted by atomic mass is 79.9. The number of nitrogens with one attached hydrogen (secondary N) is 1. The maximum atomic E-state index is 13.8. The number of hydrogen-bond donors (Lipinski definition) is 1. The lowest BCUT2D eigenvalue weighted by Crippen LogP contribution is -2.27. The number of piperidine rings is 1. The van der Waals surface area contributed by atoms with Gasteiger partial charge in [-0.25, -0.2) is 9.37 Å². The van der Waals surface area contributed by atoms with E-state index in [1.54, 1.807) is 6.20 Å².